The van der Waals surface area contributed by atoms with Gasteiger partial charge in [-0.3, -0.25) is 9.59 Å². The maximum absolute atomic E-state index is 13.6. The Morgan fingerprint density at radius 1 is 1.40 bits per heavy atom. The Labute approximate surface area is 146 Å². The Morgan fingerprint density at radius 2 is 2.16 bits per heavy atom. The Hall–Kier alpha value is -2.63. The molecule has 25 heavy (non-hydrogen) atoms. The third kappa shape index (κ3) is 3.16. The van der Waals surface area contributed by atoms with Gasteiger partial charge in [0.15, 0.2) is 0 Å². The molecular formula is C19H22FN3O2. The molecule has 0 radical (unpaired) electrons. The van der Waals surface area contributed by atoms with Gasteiger partial charge in [0.25, 0.3) is 5.91 Å². The van der Waals surface area contributed by atoms with Crippen LogP contribution in [0.4, 0.5) is 10.1 Å². The van der Waals surface area contributed by atoms with Gasteiger partial charge in [-0.2, -0.15) is 0 Å². The number of rotatable bonds is 4. The van der Waals surface area contributed by atoms with E-state index in [1.54, 1.807) is 12.1 Å². The monoisotopic (exact) mass is 343 g/mol. The first-order valence-electron chi connectivity index (χ1n) is 8.51. The second-order valence-corrected chi connectivity index (χ2v) is 6.48. The van der Waals surface area contributed by atoms with E-state index < -0.39 is 0 Å². The SMILES string of the molecule is CCCNC(=O)C1=C(C)NC(/C=C2\C(=O)Nc3ccc(F)cc32)C1C. The molecular weight excluding hydrogens is 321 g/mol. The van der Waals surface area contributed by atoms with E-state index in [4.69, 9.17) is 0 Å². The minimum absolute atomic E-state index is 0.0810. The summed E-state index contributed by atoms with van der Waals surface area (Å²) in [6.45, 7) is 6.44. The van der Waals surface area contributed by atoms with Gasteiger partial charge in [0.2, 0.25) is 5.91 Å². The lowest BCUT2D eigenvalue weighted by Crippen LogP contribution is -2.30. The van der Waals surface area contributed by atoms with Gasteiger partial charge in [0.05, 0.1) is 6.04 Å². The first-order valence-corrected chi connectivity index (χ1v) is 8.51. The summed E-state index contributed by atoms with van der Waals surface area (Å²) in [6, 6.07) is 4.04. The summed E-state index contributed by atoms with van der Waals surface area (Å²) >= 11 is 0. The zero-order valence-corrected chi connectivity index (χ0v) is 14.6. The van der Waals surface area contributed by atoms with E-state index in [0.717, 1.165) is 12.1 Å². The van der Waals surface area contributed by atoms with Gasteiger partial charge < -0.3 is 16.0 Å². The number of fused-ring (bicyclic) bond motifs is 1. The smallest absolute Gasteiger partial charge is 0.256 e. The Morgan fingerprint density at radius 3 is 2.88 bits per heavy atom. The second kappa shape index (κ2) is 6.70. The molecule has 5 nitrogen and oxygen atoms in total. The molecule has 1 aromatic rings. The second-order valence-electron chi connectivity index (χ2n) is 6.48. The number of amides is 2. The van der Waals surface area contributed by atoms with Gasteiger partial charge in [-0.15, -0.1) is 0 Å². The number of carbonyl (C=O) groups is 2. The van der Waals surface area contributed by atoms with Crippen LogP contribution in [0.5, 0.6) is 0 Å². The summed E-state index contributed by atoms with van der Waals surface area (Å²) in [7, 11) is 0. The summed E-state index contributed by atoms with van der Waals surface area (Å²) in [5.74, 6) is -0.809. The van der Waals surface area contributed by atoms with E-state index in [9.17, 15) is 14.0 Å². The molecule has 0 aliphatic carbocycles. The van der Waals surface area contributed by atoms with Gasteiger partial charge in [0.1, 0.15) is 5.82 Å². The zero-order valence-electron chi connectivity index (χ0n) is 14.6. The number of anilines is 1. The highest BCUT2D eigenvalue weighted by Crippen LogP contribution is 2.35. The molecule has 2 amide bonds. The predicted molar refractivity (Wildman–Crippen MR) is 95.1 cm³/mol. The normalized spacial score (nSPS) is 23.5. The van der Waals surface area contributed by atoms with Crippen molar-refractivity contribution in [2.45, 2.75) is 33.2 Å². The quantitative estimate of drug-likeness (QED) is 0.736. The van der Waals surface area contributed by atoms with Crippen LogP contribution in [0, 0.1) is 11.7 Å². The highest BCUT2D eigenvalue weighted by atomic mass is 19.1. The molecule has 3 rings (SSSR count). The molecule has 132 valence electrons. The predicted octanol–water partition coefficient (Wildman–Crippen LogP) is 2.57. The van der Waals surface area contributed by atoms with Gasteiger partial charge in [-0.25, -0.2) is 4.39 Å². The van der Waals surface area contributed by atoms with Crippen LogP contribution in [0.2, 0.25) is 0 Å². The average Bonchev–Trinajstić information content (AvgIpc) is 3.02. The summed E-state index contributed by atoms with van der Waals surface area (Å²) in [5, 5.41) is 8.91. The molecule has 0 spiro atoms. The number of allylic oxidation sites excluding steroid dienone is 1. The van der Waals surface area contributed by atoms with Crippen LogP contribution in [0.3, 0.4) is 0 Å². The van der Waals surface area contributed by atoms with Crippen LogP contribution < -0.4 is 16.0 Å². The van der Waals surface area contributed by atoms with Crippen molar-refractivity contribution in [2.24, 2.45) is 5.92 Å². The molecule has 0 bridgehead atoms. The number of carbonyl (C=O) groups excluding carboxylic acids is 2. The van der Waals surface area contributed by atoms with Gasteiger partial charge in [0, 0.05) is 40.6 Å². The van der Waals surface area contributed by atoms with Crippen molar-refractivity contribution in [3.8, 4) is 0 Å². The van der Waals surface area contributed by atoms with E-state index in [0.29, 0.717) is 28.9 Å². The molecule has 2 heterocycles. The van der Waals surface area contributed by atoms with Crippen LogP contribution in [-0.2, 0) is 9.59 Å². The van der Waals surface area contributed by atoms with Gasteiger partial charge in [-0.05, 0) is 37.6 Å². The van der Waals surface area contributed by atoms with E-state index in [-0.39, 0.29) is 29.6 Å². The first kappa shape index (κ1) is 17.2. The van der Waals surface area contributed by atoms with Crippen molar-refractivity contribution in [3.05, 3.63) is 46.9 Å². The van der Waals surface area contributed by atoms with Crippen molar-refractivity contribution in [3.63, 3.8) is 0 Å². The third-order valence-electron chi connectivity index (χ3n) is 4.67. The van der Waals surface area contributed by atoms with Crippen molar-refractivity contribution in [1.82, 2.24) is 10.6 Å². The Kier molecular flexibility index (Phi) is 4.61. The van der Waals surface area contributed by atoms with Crippen LogP contribution >= 0.6 is 0 Å². The lowest BCUT2D eigenvalue weighted by molar-refractivity contribution is -0.118. The maximum Gasteiger partial charge on any atom is 0.256 e. The lowest BCUT2D eigenvalue weighted by atomic mass is 9.93. The lowest BCUT2D eigenvalue weighted by Gasteiger charge is -2.16. The summed E-state index contributed by atoms with van der Waals surface area (Å²) < 4.78 is 13.6. The molecule has 0 saturated heterocycles. The van der Waals surface area contributed by atoms with Gasteiger partial charge in [-0.1, -0.05) is 13.8 Å². The minimum Gasteiger partial charge on any atom is -0.381 e. The molecule has 0 fully saturated rings. The van der Waals surface area contributed by atoms with E-state index in [2.05, 4.69) is 16.0 Å². The Bertz CT molecular complexity index is 798. The van der Waals surface area contributed by atoms with Crippen LogP contribution in [-0.4, -0.2) is 24.4 Å². The molecule has 2 atom stereocenters. The van der Waals surface area contributed by atoms with Crippen molar-refractivity contribution >= 4 is 23.1 Å². The number of hydrogen-bond donors (Lipinski definition) is 3. The Balaban J connectivity index is 1.86. The fourth-order valence-corrected chi connectivity index (χ4v) is 3.38. The van der Waals surface area contributed by atoms with Crippen LogP contribution in [0.25, 0.3) is 5.57 Å². The standard InChI is InChI=1S/C19H22FN3O2/c1-4-7-21-19(25)17-10(2)16(22-11(17)3)9-14-13-8-12(20)5-6-15(13)23-18(14)24/h5-6,8-10,16,22H,4,7H2,1-3H3,(H,21,25)(H,23,24)/b14-9-. The minimum atomic E-state index is -0.387. The largest absolute Gasteiger partial charge is 0.381 e. The summed E-state index contributed by atoms with van der Waals surface area (Å²) in [4.78, 5) is 24.6. The molecule has 2 unspecified atom stereocenters. The number of halogens is 1. The maximum atomic E-state index is 13.6. The zero-order chi connectivity index (χ0) is 18.1. The summed E-state index contributed by atoms with van der Waals surface area (Å²) in [6.07, 6.45) is 2.66. The highest BCUT2D eigenvalue weighted by Gasteiger charge is 2.34. The topological polar surface area (TPSA) is 70.2 Å². The van der Waals surface area contributed by atoms with E-state index >= 15 is 0 Å². The fraction of sp³-hybridized carbons (Fsp3) is 0.368. The van der Waals surface area contributed by atoms with Crippen molar-refractivity contribution in [2.75, 3.05) is 11.9 Å². The van der Waals surface area contributed by atoms with Crippen LogP contribution in [0.1, 0.15) is 32.8 Å². The molecule has 3 N–H and O–H groups in total. The molecule has 6 heteroatoms. The molecule has 2 aliphatic rings. The van der Waals surface area contributed by atoms with Crippen molar-refractivity contribution < 1.29 is 14.0 Å². The first-order chi connectivity index (χ1) is 11.9. The molecule has 0 aromatic heterocycles. The summed E-state index contributed by atoms with van der Waals surface area (Å²) in [5.41, 5.74) is 3.10. The molecule has 1 aromatic carbocycles. The highest BCUT2D eigenvalue weighted by molar-refractivity contribution is 6.31. The number of nitrogens with one attached hydrogen (secondary N) is 3. The fourth-order valence-electron chi connectivity index (χ4n) is 3.38. The number of benzene rings is 1. The average molecular weight is 343 g/mol. The molecule has 0 saturated carbocycles. The van der Waals surface area contributed by atoms with E-state index in [1.807, 2.05) is 20.8 Å². The molecule has 2 aliphatic heterocycles. The number of hydrogen-bond acceptors (Lipinski definition) is 3. The van der Waals surface area contributed by atoms with E-state index in [1.165, 1.54) is 12.1 Å². The van der Waals surface area contributed by atoms with Gasteiger partial charge >= 0.3 is 0 Å². The third-order valence-corrected chi connectivity index (χ3v) is 4.67. The van der Waals surface area contributed by atoms with Crippen molar-refractivity contribution in [1.29, 1.82) is 0 Å². The van der Waals surface area contributed by atoms with Crippen LogP contribution in [0.15, 0.2) is 35.5 Å².